The number of benzene rings is 1. The van der Waals surface area contributed by atoms with Crippen LogP contribution < -0.4 is 0 Å². The van der Waals surface area contributed by atoms with Gasteiger partial charge >= 0.3 is 0 Å². The zero-order valence-corrected chi connectivity index (χ0v) is 8.25. The number of rotatable bonds is 2. The molecule has 0 saturated carbocycles. The van der Waals surface area contributed by atoms with Crippen LogP contribution in [0.1, 0.15) is 27.3 Å². The van der Waals surface area contributed by atoms with Crippen molar-refractivity contribution in [1.82, 2.24) is 20.2 Å². The lowest BCUT2D eigenvalue weighted by molar-refractivity contribution is 0.455. The number of aromatic nitrogens is 4. The molecule has 0 fully saturated rings. The lowest BCUT2D eigenvalue weighted by Gasteiger charge is -1.98. The zero-order valence-electron chi connectivity index (χ0n) is 8.25. The van der Waals surface area contributed by atoms with Crippen LogP contribution in [0.4, 0.5) is 0 Å². The van der Waals surface area contributed by atoms with E-state index in [0.717, 1.165) is 5.56 Å². The Morgan fingerprint density at radius 2 is 1.80 bits per heavy atom. The van der Waals surface area contributed by atoms with E-state index in [1.807, 2.05) is 44.2 Å². The summed E-state index contributed by atoms with van der Waals surface area (Å²) in [6, 6.07) is 10.1. The van der Waals surface area contributed by atoms with Crippen molar-refractivity contribution >= 4 is 0 Å². The highest BCUT2D eigenvalue weighted by Crippen LogP contribution is 2.12. The van der Waals surface area contributed by atoms with Gasteiger partial charge in [-0.3, -0.25) is 0 Å². The second-order valence-electron chi connectivity index (χ2n) is 3.39. The van der Waals surface area contributed by atoms with E-state index in [0.29, 0.717) is 5.82 Å². The molecule has 0 saturated heterocycles. The van der Waals surface area contributed by atoms with Crippen LogP contribution >= 0.6 is 0 Å². The Kier molecular flexibility index (Phi) is 3.55. The van der Waals surface area contributed by atoms with E-state index in [4.69, 9.17) is 0 Å². The molecule has 0 unspecified atom stereocenters. The molecule has 4 heteroatoms. The molecule has 80 valence electrons. The Morgan fingerprint density at radius 1 is 1.13 bits per heavy atom. The number of hydrogen-bond donors (Lipinski definition) is 0. The predicted octanol–water partition coefficient (Wildman–Crippen LogP) is 2.56. The van der Waals surface area contributed by atoms with Crippen molar-refractivity contribution in [3.8, 4) is 11.4 Å². The summed E-state index contributed by atoms with van der Waals surface area (Å²) in [4.78, 5) is 1.61. The van der Waals surface area contributed by atoms with Gasteiger partial charge in [-0.1, -0.05) is 37.8 Å². The standard InChI is InChI=1S/C10H12N4.CH4/c1-8(2)14-12-10(11-13-14)9-6-4-3-5-7-9;/h3-8H,1-2H3;1H4. The van der Waals surface area contributed by atoms with Crippen molar-refractivity contribution in [3.63, 3.8) is 0 Å². The monoisotopic (exact) mass is 204 g/mol. The third-order valence-electron chi connectivity index (χ3n) is 1.92. The van der Waals surface area contributed by atoms with Gasteiger partial charge in [0, 0.05) is 5.56 Å². The number of hydrogen-bond acceptors (Lipinski definition) is 3. The van der Waals surface area contributed by atoms with E-state index < -0.39 is 0 Å². The summed E-state index contributed by atoms with van der Waals surface area (Å²) in [5, 5.41) is 12.2. The molecule has 2 rings (SSSR count). The van der Waals surface area contributed by atoms with Crippen molar-refractivity contribution < 1.29 is 0 Å². The van der Waals surface area contributed by atoms with Gasteiger partial charge in [0.25, 0.3) is 0 Å². The molecular weight excluding hydrogens is 188 g/mol. The highest BCUT2D eigenvalue weighted by Gasteiger charge is 2.06. The van der Waals surface area contributed by atoms with Gasteiger partial charge in [-0.25, -0.2) is 0 Å². The van der Waals surface area contributed by atoms with Crippen molar-refractivity contribution in [1.29, 1.82) is 0 Å². The van der Waals surface area contributed by atoms with Gasteiger partial charge in [0.2, 0.25) is 5.82 Å². The average Bonchev–Trinajstić information content (AvgIpc) is 2.68. The van der Waals surface area contributed by atoms with Crippen molar-refractivity contribution in [2.75, 3.05) is 0 Å². The molecule has 0 amide bonds. The molecule has 0 aliphatic heterocycles. The van der Waals surface area contributed by atoms with Crippen LogP contribution in [0.3, 0.4) is 0 Å². The molecule has 0 spiro atoms. The Labute approximate surface area is 89.9 Å². The second kappa shape index (κ2) is 4.68. The molecule has 1 aromatic carbocycles. The minimum absolute atomic E-state index is 0. The van der Waals surface area contributed by atoms with Crippen LogP contribution in [-0.2, 0) is 0 Å². The maximum absolute atomic E-state index is 4.27. The van der Waals surface area contributed by atoms with Crippen molar-refractivity contribution in [2.45, 2.75) is 27.3 Å². The van der Waals surface area contributed by atoms with E-state index >= 15 is 0 Å². The molecule has 1 aromatic heterocycles. The minimum atomic E-state index is 0. The summed E-state index contributed by atoms with van der Waals surface area (Å²) in [5.41, 5.74) is 0.999. The van der Waals surface area contributed by atoms with E-state index in [2.05, 4.69) is 15.4 Å². The topological polar surface area (TPSA) is 43.6 Å². The summed E-state index contributed by atoms with van der Waals surface area (Å²) in [7, 11) is 0. The van der Waals surface area contributed by atoms with Gasteiger partial charge in [0.1, 0.15) is 0 Å². The number of nitrogens with zero attached hydrogens (tertiary/aromatic N) is 4. The van der Waals surface area contributed by atoms with E-state index in [1.54, 1.807) is 4.80 Å². The SMILES string of the molecule is C.CC(C)n1nnc(-c2ccccc2)n1. The first-order chi connectivity index (χ1) is 6.77. The van der Waals surface area contributed by atoms with Crippen molar-refractivity contribution in [2.24, 2.45) is 0 Å². The first-order valence-electron chi connectivity index (χ1n) is 4.62. The minimum Gasteiger partial charge on any atom is -0.161 e. The lowest BCUT2D eigenvalue weighted by Crippen LogP contribution is -2.04. The summed E-state index contributed by atoms with van der Waals surface area (Å²) < 4.78 is 0. The largest absolute Gasteiger partial charge is 0.204 e. The first kappa shape index (κ1) is 11.4. The molecule has 0 bridgehead atoms. The molecule has 0 aliphatic rings. The van der Waals surface area contributed by atoms with Crippen LogP contribution in [0.15, 0.2) is 30.3 Å². The Balaban J connectivity index is 0.00000112. The summed E-state index contributed by atoms with van der Waals surface area (Å²) >= 11 is 0. The molecule has 1 heterocycles. The lowest BCUT2D eigenvalue weighted by atomic mass is 10.2. The highest BCUT2D eigenvalue weighted by atomic mass is 15.6. The Morgan fingerprint density at radius 3 is 2.33 bits per heavy atom. The normalized spacial score (nSPS) is 10.1. The smallest absolute Gasteiger partial charge is 0.161 e. The van der Waals surface area contributed by atoms with Crippen LogP contribution in [0.2, 0.25) is 0 Å². The van der Waals surface area contributed by atoms with Crippen LogP contribution in [0.5, 0.6) is 0 Å². The molecule has 0 aliphatic carbocycles. The molecule has 0 N–H and O–H groups in total. The Bertz CT molecular complexity index is 406. The molecule has 0 radical (unpaired) electrons. The van der Waals surface area contributed by atoms with Gasteiger partial charge in [-0.2, -0.15) is 4.80 Å². The third kappa shape index (κ3) is 2.40. The highest BCUT2D eigenvalue weighted by molar-refractivity contribution is 5.52. The second-order valence-corrected chi connectivity index (χ2v) is 3.39. The molecule has 15 heavy (non-hydrogen) atoms. The zero-order chi connectivity index (χ0) is 9.97. The van der Waals surface area contributed by atoms with Gasteiger partial charge in [0.15, 0.2) is 0 Å². The summed E-state index contributed by atoms with van der Waals surface area (Å²) in [5.74, 6) is 0.680. The van der Waals surface area contributed by atoms with Gasteiger partial charge in [0.05, 0.1) is 6.04 Å². The van der Waals surface area contributed by atoms with Gasteiger partial charge in [-0.15, -0.1) is 10.2 Å². The fourth-order valence-corrected chi connectivity index (χ4v) is 1.15. The fourth-order valence-electron chi connectivity index (χ4n) is 1.15. The first-order valence-corrected chi connectivity index (χ1v) is 4.62. The maximum Gasteiger partial charge on any atom is 0.204 e. The summed E-state index contributed by atoms with van der Waals surface area (Å²) in [6.45, 7) is 4.05. The average molecular weight is 204 g/mol. The molecule has 0 atom stereocenters. The number of tetrazole rings is 1. The molecule has 2 aromatic rings. The van der Waals surface area contributed by atoms with Gasteiger partial charge in [-0.05, 0) is 19.1 Å². The van der Waals surface area contributed by atoms with Crippen LogP contribution in [0, 0.1) is 0 Å². The quantitative estimate of drug-likeness (QED) is 0.755. The predicted molar refractivity (Wildman–Crippen MR) is 60.4 cm³/mol. The van der Waals surface area contributed by atoms with E-state index in [1.165, 1.54) is 0 Å². The fraction of sp³-hybridized carbons (Fsp3) is 0.364. The van der Waals surface area contributed by atoms with Crippen molar-refractivity contribution in [3.05, 3.63) is 30.3 Å². The Hall–Kier alpha value is -1.71. The van der Waals surface area contributed by atoms with E-state index in [-0.39, 0.29) is 13.5 Å². The van der Waals surface area contributed by atoms with Crippen LogP contribution in [0.25, 0.3) is 11.4 Å². The summed E-state index contributed by atoms with van der Waals surface area (Å²) in [6.07, 6.45) is 0. The molecule has 4 nitrogen and oxygen atoms in total. The maximum atomic E-state index is 4.27. The van der Waals surface area contributed by atoms with E-state index in [9.17, 15) is 0 Å². The van der Waals surface area contributed by atoms with Gasteiger partial charge < -0.3 is 0 Å². The van der Waals surface area contributed by atoms with Crippen LogP contribution in [-0.4, -0.2) is 20.2 Å². The third-order valence-corrected chi connectivity index (χ3v) is 1.92. The molecular formula is C11H16N4.